The van der Waals surface area contributed by atoms with E-state index < -0.39 is 0 Å². The van der Waals surface area contributed by atoms with Crippen LogP contribution in [0.2, 0.25) is 5.02 Å². The summed E-state index contributed by atoms with van der Waals surface area (Å²) < 4.78 is 4.08. The van der Waals surface area contributed by atoms with E-state index in [1.807, 2.05) is 24.3 Å². The standard InChI is InChI=1S/C14H19ClN4S/c1-14(2,3)13-12(20-19-18-13)11(17-16)8-9-6-4-5-7-10(9)15/h4-7,11,17H,8,16H2,1-3H3. The van der Waals surface area contributed by atoms with Crippen LogP contribution in [0.15, 0.2) is 24.3 Å². The number of nitrogens with zero attached hydrogens (tertiary/aromatic N) is 2. The molecule has 6 heteroatoms. The lowest BCUT2D eigenvalue weighted by Gasteiger charge is -2.21. The van der Waals surface area contributed by atoms with Gasteiger partial charge in [0.15, 0.2) is 0 Å². The van der Waals surface area contributed by atoms with Crippen LogP contribution in [-0.4, -0.2) is 9.59 Å². The van der Waals surface area contributed by atoms with Crippen LogP contribution >= 0.6 is 23.1 Å². The first-order chi connectivity index (χ1) is 9.43. The van der Waals surface area contributed by atoms with Crippen molar-refractivity contribution in [3.63, 3.8) is 0 Å². The predicted octanol–water partition coefficient (Wildman–Crippen LogP) is 3.24. The van der Waals surface area contributed by atoms with Gasteiger partial charge in [0.1, 0.15) is 0 Å². The fourth-order valence-corrected chi connectivity index (χ4v) is 3.19. The molecule has 1 atom stereocenters. The van der Waals surface area contributed by atoms with E-state index in [0.717, 1.165) is 21.2 Å². The Hall–Kier alpha value is -1.01. The first-order valence-corrected chi connectivity index (χ1v) is 7.61. The van der Waals surface area contributed by atoms with Gasteiger partial charge in [-0.05, 0) is 29.6 Å². The Morgan fingerprint density at radius 2 is 2.05 bits per heavy atom. The number of hydrogen-bond acceptors (Lipinski definition) is 5. The molecule has 2 rings (SSSR count). The van der Waals surface area contributed by atoms with Gasteiger partial charge in [-0.15, -0.1) is 5.10 Å². The third-order valence-corrected chi connectivity index (χ3v) is 4.33. The molecule has 1 aromatic heterocycles. The molecule has 0 saturated carbocycles. The minimum absolute atomic E-state index is 0.0378. The lowest BCUT2D eigenvalue weighted by atomic mass is 9.89. The van der Waals surface area contributed by atoms with Crippen LogP contribution in [0.3, 0.4) is 0 Å². The second-order valence-electron chi connectivity index (χ2n) is 5.75. The average molecular weight is 311 g/mol. The summed E-state index contributed by atoms with van der Waals surface area (Å²) in [5, 5.41) is 5.01. The van der Waals surface area contributed by atoms with Crippen molar-refractivity contribution in [2.75, 3.05) is 0 Å². The average Bonchev–Trinajstić information content (AvgIpc) is 2.87. The van der Waals surface area contributed by atoms with Crippen LogP contribution in [0.4, 0.5) is 0 Å². The Kier molecular flexibility index (Phi) is 4.75. The van der Waals surface area contributed by atoms with E-state index in [2.05, 4.69) is 35.8 Å². The first-order valence-electron chi connectivity index (χ1n) is 6.45. The van der Waals surface area contributed by atoms with Crippen LogP contribution in [0, 0.1) is 0 Å². The van der Waals surface area contributed by atoms with Crippen LogP contribution in [-0.2, 0) is 11.8 Å². The van der Waals surface area contributed by atoms with E-state index >= 15 is 0 Å². The van der Waals surface area contributed by atoms with Crippen LogP contribution in [0.25, 0.3) is 0 Å². The molecule has 1 aromatic carbocycles. The fourth-order valence-electron chi connectivity index (χ4n) is 2.06. The van der Waals surface area contributed by atoms with E-state index in [0.29, 0.717) is 6.42 Å². The number of hydrogen-bond donors (Lipinski definition) is 2. The Balaban J connectivity index is 2.30. The van der Waals surface area contributed by atoms with Gasteiger partial charge in [-0.3, -0.25) is 11.3 Å². The van der Waals surface area contributed by atoms with Gasteiger partial charge < -0.3 is 0 Å². The lowest BCUT2D eigenvalue weighted by Crippen LogP contribution is -2.31. The van der Waals surface area contributed by atoms with Crippen LogP contribution in [0.5, 0.6) is 0 Å². The molecule has 1 heterocycles. The number of nitrogens with one attached hydrogen (secondary N) is 1. The summed E-state index contributed by atoms with van der Waals surface area (Å²) in [6, 6.07) is 7.76. The molecule has 0 amide bonds. The molecule has 3 N–H and O–H groups in total. The molecule has 20 heavy (non-hydrogen) atoms. The number of hydrazine groups is 1. The van der Waals surface area contributed by atoms with Crippen molar-refractivity contribution < 1.29 is 0 Å². The first kappa shape index (κ1) is 15.4. The molecule has 0 aliphatic heterocycles. The van der Waals surface area contributed by atoms with E-state index in [-0.39, 0.29) is 11.5 Å². The molecular weight excluding hydrogens is 292 g/mol. The predicted molar refractivity (Wildman–Crippen MR) is 83.8 cm³/mol. The molecule has 0 spiro atoms. The fraction of sp³-hybridized carbons (Fsp3) is 0.429. The van der Waals surface area contributed by atoms with Crippen molar-refractivity contribution in [1.82, 2.24) is 15.0 Å². The Morgan fingerprint density at radius 3 is 2.65 bits per heavy atom. The molecule has 0 radical (unpaired) electrons. The van der Waals surface area contributed by atoms with Crippen molar-refractivity contribution >= 4 is 23.1 Å². The molecule has 0 fully saturated rings. The summed E-state index contributed by atoms with van der Waals surface area (Å²) in [5.74, 6) is 5.73. The minimum atomic E-state index is -0.0576. The molecule has 0 bridgehead atoms. The van der Waals surface area contributed by atoms with Crippen molar-refractivity contribution in [2.24, 2.45) is 5.84 Å². The largest absolute Gasteiger partial charge is 0.271 e. The number of nitrogens with two attached hydrogens (primary N) is 1. The van der Waals surface area contributed by atoms with Gasteiger partial charge in [0.2, 0.25) is 0 Å². The molecule has 4 nitrogen and oxygen atoms in total. The van der Waals surface area contributed by atoms with Gasteiger partial charge in [0.25, 0.3) is 0 Å². The summed E-state index contributed by atoms with van der Waals surface area (Å²) in [7, 11) is 0. The summed E-state index contributed by atoms with van der Waals surface area (Å²) in [5.41, 5.74) is 4.85. The van der Waals surface area contributed by atoms with Crippen LogP contribution in [0.1, 0.15) is 42.9 Å². The smallest absolute Gasteiger partial charge is 0.0857 e. The maximum atomic E-state index is 6.22. The van der Waals surface area contributed by atoms with E-state index in [9.17, 15) is 0 Å². The minimum Gasteiger partial charge on any atom is -0.271 e. The molecule has 2 aromatic rings. The van der Waals surface area contributed by atoms with E-state index in [1.54, 1.807) is 0 Å². The summed E-state index contributed by atoms with van der Waals surface area (Å²) in [6.07, 6.45) is 0.711. The summed E-state index contributed by atoms with van der Waals surface area (Å²) in [6.45, 7) is 6.36. The lowest BCUT2D eigenvalue weighted by molar-refractivity contribution is 0.515. The molecule has 108 valence electrons. The van der Waals surface area contributed by atoms with E-state index in [1.165, 1.54) is 11.5 Å². The molecule has 0 aliphatic carbocycles. The monoisotopic (exact) mass is 310 g/mol. The van der Waals surface area contributed by atoms with Gasteiger partial charge in [-0.2, -0.15) is 0 Å². The van der Waals surface area contributed by atoms with Gasteiger partial charge in [0.05, 0.1) is 16.6 Å². The molecular formula is C14H19ClN4S. The maximum absolute atomic E-state index is 6.22. The number of rotatable bonds is 4. The highest BCUT2D eigenvalue weighted by molar-refractivity contribution is 7.05. The zero-order chi connectivity index (χ0) is 14.8. The SMILES string of the molecule is CC(C)(C)c1nnsc1C(Cc1ccccc1Cl)NN. The summed E-state index contributed by atoms with van der Waals surface area (Å²) >= 11 is 7.61. The normalized spacial score (nSPS) is 13.4. The Morgan fingerprint density at radius 1 is 1.35 bits per heavy atom. The highest BCUT2D eigenvalue weighted by Gasteiger charge is 2.27. The van der Waals surface area contributed by atoms with E-state index in [4.69, 9.17) is 17.4 Å². The summed E-state index contributed by atoms with van der Waals surface area (Å²) in [4.78, 5) is 1.07. The maximum Gasteiger partial charge on any atom is 0.0857 e. The van der Waals surface area contributed by atoms with Crippen LogP contribution < -0.4 is 11.3 Å². The van der Waals surface area contributed by atoms with Crippen molar-refractivity contribution in [1.29, 1.82) is 0 Å². The van der Waals surface area contributed by atoms with Gasteiger partial charge in [0, 0.05) is 10.4 Å². The Bertz CT molecular complexity index is 577. The molecule has 0 aliphatic rings. The second-order valence-corrected chi connectivity index (χ2v) is 6.94. The third-order valence-electron chi connectivity index (χ3n) is 3.12. The van der Waals surface area contributed by atoms with Crippen molar-refractivity contribution in [2.45, 2.75) is 38.6 Å². The molecule has 1 unspecified atom stereocenters. The number of benzene rings is 1. The quantitative estimate of drug-likeness (QED) is 0.672. The van der Waals surface area contributed by atoms with Gasteiger partial charge >= 0.3 is 0 Å². The highest BCUT2D eigenvalue weighted by atomic mass is 35.5. The van der Waals surface area contributed by atoms with Gasteiger partial charge in [-0.25, -0.2) is 0 Å². The molecule has 0 saturated heterocycles. The number of halogens is 1. The van der Waals surface area contributed by atoms with Crippen molar-refractivity contribution in [3.8, 4) is 0 Å². The Labute approximate surface area is 128 Å². The number of aromatic nitrogens is 2. The topological polar surface area (TPSA) is 63.8 Å². The third kappa shape index (κ3) is 3.35. The van der Waals surface area contributed by atoms with Gasteiger partial charge in [-0.1, -0.05) is 55.1 Å². The zero-order valence-corrected chi connectivity index (χ0v) is 13.4. The zero-order valence-electron chi connectivity index (χ0n) is 11.9. The highest BCUT2D eigenvalue weighted by Crippen LogP contribution is 2.32. The second kappa shape index (κ2) is 6.18. The van der Waals surface area contributed by atoms with Crippen molar-refractivity contribution in [3.05, 3.63) is 45.4 Å².